The van der Waals surface area contributed by atoms with Crippen molar-refractivity contribution in [2.45, 2.75) is 43.0 Å². The number of benzene rings is 7. The van der Waals surface area contributed by atoms with Crippen molar-refractivity contribution in [1.29, 1.82) is 0 Å². The van der Waals surface area contributed by atoms with Gasteiger partial charge in [-0.05, 0) is 64.4 Å². The van der Waals surface area contributed by atoms with Crippen LogP contribution in [0, 0.1) is 0 Å². The van der Waals surface area contributed by atoms with Gasteiger partial charge in [-0.2, -0.15) is 9.28 Å². The molecule has 3 amide bonds. The summed E-state index contributed by atoms with van der Waals surface area (Å²) in [6.45, 7) is 4.70. The highest BCUT2D eigenvalue weighted by Crippen LogP contribution is 2.45. The number of allylic oxidation sites excluding steroid dienone is 1. The molecular formula is C68H61N6O7S3+. The van der Waals surface area contributed by atoms with Crippen LogP contribution in [0.2, 0.25) is 0 Å². The Morgan fingerprint density at radius 3 is 1.65 bits per heavy atom. The number of hydrogen-bond acceptors (Lipinski definition) is 13. The highest BCUT2D eigenvalue weighted by Gasteiger charge is 2.55. The maximum Gasteiger partial charge on any atom is 0.521 e. The normalized spacial score (nSPS) is 17.7. The first-order chi connectivity index (χ1) is 41.2. The van der Waals surface area contributed by atoms with E-state index < -0.39 is 46.9 Å². The quantitative estimate of drug-likeness (QED) is 0.0177. The molecule has 3 aliphatic heterocycles. The number of rotatable bonds is 21. The Morgan fingerprint density at radius 2 is 1.19 bits per heavy atom. The number of nitrogens with one attached hydrogen (secondary N) is 2. The van der Waals surface area contributed by atoms with Gasteiger partial charge in [0, 0.05) is 27.9 Å². The molecule has 3 aliphatic rings. The van der Waals surface area contributed by atoms with E-state index in [-0.39, 0.29) is 34.3 Å². The summed E-state index contributed by atoms with van der Waals surface area (Å²) in [7, 11) is 0. The van der Waals surface area contributed by atoms with Crippen molar-refractivity contribution >= 4 is 69.6 Å². The summed E-state index contributed by atoms with van der Waals surface area (Å²) in [6.07, 6.45) is 4.05. The molecule has 0 saturated carbocycles. The molecule has 16 heteroatoms. The molecule has 1 saturated heterocycles. The Balaban J connectivity index is 0.848. The number of hydrogen-bond donors (Lipinski definition) is 2. The van der Waals surface area contributed by atoms with Crippen molar-refractivity contribution in [3.05, 3.63) is 297 Å². The van der Waals surface area contributed by atoms with Gasteiger partial charge >= 0.3 is 12.1 Å². The van der Waals surface area contributed by atoms with Crippen LogP contribution < -0.4 is 10.6 Å². The standard InChI is InChI=1S/C68H60N6O7S3/c1-3-74(67(78)81-61(49-30-16-7-17-31-49)50-32-18-8-19-33-50)42-40-55(41-43-74)82-44-51-45-83-64-58(63(76)73(64)59(51)65(77)80-60(47-26-12-5-13-27-47)48-28-14-6-15-29-48)70-62(75)57(72-79-4-2)56-46-84-66(69-56)71-68(52-34-20-9-21-35-52,53-36-22-10-23-37-53)54-38-24-11-25-39-54/h5-42,46,58,60-61,64H,3-4,43-45H2,1-2H3,(H-,69,70,71,75)/p+1/b72-57-/t58-,64-,74?/m1/s1. The molecule has 1 unspecified atom stereocenters. The molecule has 4 heterocycles. The number of oxime groups is 1. The second-order valence-electron chi connectivity index (χ2n) is 20.1. The predicted octanol–water partition coefficient (Wildman–Crippen LogP) is 13.2. The monoisotopic (exact) mass is 1170 g/mol. The van der Waals surface area contributed by atoms with Crippen LogP contribution in [0.25, 0.3) is 0 Å². The number of carbonyl (C=O) groups is 4. The fourth-order valence-electron chi connectivity index (χ4n) is 10.6. The molecule has 0 radical (unpaired) electrons. The number of amides is 3. The molecule has 1 aromatic heterocycles. The zero-order valence-corrected chi connectivity index (χ0v) is 48.7. The lowest BCUT2D eigenvalue weighted by atomic mass is 9.77. The van der Waals surface area contributed by atoms with E-state index in [0.717, 1.165) is 43.8 Å². The minimum Gasteiger partial charge on any atom is -0.448 e. The fraction of sp³-hybridized carbons (Fsp3) is 0.176. The molecule has 84 heavy (non-hydrogen) atoms. The van der Waals surface area contributed by atoms with Crippen molar-refractivity contribution in [2.75, 3.05) is 36.5 Å². The summed E-state index contributed by atoms with van der Waals surface area (Å²) in [6, 6.07) is 67.8. The van der Waals surface area contributed by atoms with Gasteiger partial charge in [0.05, 0.1) is 6.54 Å². The summed E-state index contributed by atoms with van der Waals surface area (Å²) >= 11 is 4.26. The zero-order chi connectivity index (χ0) is 57.9. The third-order valence-electron chi connectivity index (χ3n) is 15.0. The number of thiazole rings is 1. The zero-order valence-electron chi connectivity index (χ0n) is 46.2. The molecule has 13 nitrogen and oxygen atoms in total. The summed E-state index contributed by atoms with van der Waals surface area (Å²) < 4.78 is 12.8. The Morgan fingerprint density at radius 1 is 0.702 bits per heavy atom. The fourth-order valence-corrected chi connectivity index (χ4v) is 13.8. The summed E-state index contributed by atoms with van der Waals surface area (Å²) in [4.78, 5) is 71.6. The van der Waals surface area contributed by atoms with Crippen molar-refractivity contribution in [1.82, 2.24) is 15.2 Å². The van der Waals surface area contributed by atoms with Crippen molar-refractivity contribution in [2.24, 2.45) is 5.16 Å². The van der Waals surface area contributed by atoms with Gasteiger partial charge in [-0.3, -0.25) is 14.5 Å². The Hall–Kier alpha value is -8.80. The largest absolute Gasteiger partial charge is 0.521 e. The molecule has 0 spiro atoms. The third-order valence-corrected chi connectivity index (χ3v) is 18.3. The van der Waals surface area contributed by atoms with Crippen molar-refractivity contribution in [3.8, 4) is 0 Å². The lowest BCUT2D eigenvalue weighted by Gasteiger charge is -2.49. The summed E-state index contributed by atoms with van der Waals surface area (Å²) in [5.74, 6) is -1.14. The maximum atomic E-state index is 15.0. The second kappa shape index (κ2) is 26.2. The summed E-state index contributed by atoms with van der Waals surface area (Å²) in [5, 5.41) is 12.6. The smallest absolute Gasteiger partial charge is 0.448 e. The SMILES string of the molecule is CCO/N=C(\C(=O)N[C@@H]1C(=O)N2C(C(=O)OC(c3ccccc3)c3ccccc3)=C(CSC3=CC[N+](CC)(C(=O)OC(c4ccccc4)c4ccccc4)C=C3)CS[C@H]12)c1csc(NC(c2ccccc2)(c2ccccc2)c2ccccc2)n1. The van der Waals surface area contributed by atoms with E-state index in [9.17, 15) is 14.4 Å². The predicted molar refractivity (Wildman–Crippen MR) is 333 cm³/mol. The van der Waals surface area contributed by atoms with Crippen LogP contribution >= 0.6 is 34.9 Å². The number of esters is 1. The molecule has 422 valence electrons. The number of ether oxygens (including phenoxy) is 2. The Bertz CT molecular complexity index is 3550. The Kier molecular flexibility index (Phi) is 17.8. The van der Waals surface area contributed by atoms with E-state index in [1.807, 2.05) is 201 Å². The molecule has 7 aromatic carbocycles. The van der Waals surface area contributed by atoms with Gasteiger partial charge in [-0.25, -0.2) is 9.78 Å². The molecule has 0 aliphatic carbocycles. The number of aromatic nitrogens is 1. The van der Waals surface area contributed by atoms with Crippen LogP contribution in [0.3, 0.4) is 0 Å². The molecule has 1 fully saturated rings. The van der Waals surface area contributed by atoms with E-state index in [2.05, 4.69) is 52.2 Å². The van der Waals surface area contributed by atoms with Gasteiger partial charge in [-0.15, -0.1) is 34.9 Å². The average molecular weight is 1170 g/mol. The van der Waals surface area contributed by atoms with Gasteiger partial charge in [-0.1, -0.05) is 217 Å². The van der Waals surface area contributed by atoms with Gasteiger partial charge in [0.1, 0.15) is 47.7 Å². The van der Waals surface area contributed by atoms with Crippen molar-refractivity contribution in [3.63, 3.8) is 0 Å². The number of anilines is 1. The Labute approximate surface area is 501 Å². The highest BCUT2D eigenvalue weighted by molar-refractivity contribution is 8.03. The lowest BCUT2D eigenvalue weighted by Crippen LogP contribution is -2.71. The van der Waals surface area contributed by atoms with E-state index in [1.54, 1.807) is 12.3 Å². The van der Waals surface area contributed by atoms with Crippen LogP contribution in [-0.2, 0) is 34.2 Å². The second-order valence-corrected chi connectivity index (χ2v) is 23.1. The maximum absolute atomic E-state index is 15.0. The van der Waals surface area contributed by atoms with Gasteiger partial charge in [0.2, 0.25) is 0 Å². The van der Waals surface area contributed by atoms with Crippen LogP contribution in [0.1, 0.15) is 70.7 Å². The first-order valence-electron chi connectivity index (χ1n) is 27.8. The van der Waals surface area contributed by atoms with E-state index in [4.69, 9.17) is 19.3 Å². The minimum atomic E-state index is -1.03. The van der Waals surface area contributed by atoms with Gasteiger partial charge in [0.15, 0.2) is 23.1 Å². The number of β-lactam (4-membered cyclic amide) rings is 1. The summed E-state index contributed by atoms with van der Waals surface area (Å²) in [5.41, 5.74) is 6.25. The van der Waals surface area contributed by atoms with Crippen molar-refractivity contribution < 1.29 is 38.0 Å². The minimum absolute atomic E-state index is 0.0528. The van der Waals surface area contributed by atoms with E-state index in [1.165, 1.54) is 39.8 Å². The van der Waals surface area contributed by atoms with E-state index >= 15 is 4.79 Å². The molecule has 11 rings (SSSR count). The molecule has 0 bridgehead atoms. The molecule has 8 aromatic rings. The number of quaternary nitrogens is 1. The highest BCUT2D eigenvalue weighted by atomic mass is 32.2. The van der Waals surface area contributed by atoms with Crippen LogP contribution in [0.5, 0.6) is 0 Å². The number of thioether (sulfide) groups is 2. The van der Waals surface area contributed by atoms with Gasteiger partial charge in [0.25, 0.3) is 11.8 Å². The van der Waals surface area contributed by atoms with Crippen LogP contribution in [0.15, 0.2) is 257 Å². The number of fused-ring (bicyclic) bond motifs is 1. The molecular weight excluding hydrogens is 1110 g/mol. The van der Waals surface area contributed by atoms with Crippen LogP contribution in [-0.4, -0.2) is 86.6 Å². The first-order valence-corrected chi connectivity index (χ1v) is 30.7. The van der Waals surface area contributed by atoms with Gasteiger partial charge < -0.3 is 24.9 Å². The number of likely N-dealkylation sites (N-methyl/N-ethyl adjacent to an activating group) is 1. The number of carbonyl (C=O) groups excluding carboxylic acids is 4. The van der Waals surface area contributed by atoms with Crippen LogP contribution in [0.4, 0.5) is 9.93 Å². The third kappa shape index (κ3) is 12.0. The lowest BCUT2D eigenvalue weighted by molar-refractivity contribution is -0.799. The molecule has 2 N–H and O–H groups in total. The molecule has 3 atom stereocenters. The topological polar surface area (TPSA) is 149 Å². The average Bonchev–Trinajstić information content (AvgIpc) is 1.24. The first kappa shape index (κ1) is 57.0. The van der Waals surface area contributed by atoms with E-state index in [0.29, 0.717) is 35.3 Å². The number of nitrogens with zero attached hydrogens (tertiary/aromatic N) is 4.